The van der Waals surface area contributed by atoms with E-state index < -0.39 is 0 Å². The lowest BCUT2D eigenvalue weighted by atomic mass is 10.1. The number of nitrogens with zero attached hydrogens (tertiary/aromatic N) is 1. The average molecular weight is 277 g/mol. The molecule has 106 valence electrons. The van der Waals surface area contributed by atoms with Crippen molar-refractivity contribution in [2.75, 3.05) is 0 Å². The molecule has 0 unspecified atom stereocenters. The molecule has 1 heterocycles. The Kier molecular flexibility index (Phi) is 3.84. The van der Waals surface area contributed by atoms with Crippen LogP contribution in [0.5, 0.6) is 0 Å². The Morgan fingerprint density at radius 1 is 1.00 bits per heavy atom. The van der Waals surface area contributed by atoms with Crippen LogP contribution in [0, 0.1) is 6.92 Å². The minimum Gasteiger partial charge on any atom is -0.344 e. The largest absolute Gasteiger partial charge is 0.344 e. The van der Waals surface area contributed by atoms with Crippen LogP contribution in [0.2, 0.25) is 0 Å². The maximum Gasteiger partial charge on any atom is 0.124 e. The molecule has 3 N–H and O–H groups in total. The number of imidazole rings is 1. The molecule has 3 aromatic rings. The molecular formula is C18H19N3. The Morgan fingerprint density at radius 3 is 2.29 bits per heavy atom. The molecule has 0 saturated heterocycles. The highest BCUT2D eigenvalue weighted by Gasteiger charge is 2.14. The van der Waals surface area contributed by atoms with Crippen molar-refractivity contribution in [1.82, 2.24) is 9.97 Å². The summed E-state index contributed by atoms with van der Waals surface area (Å²) >= 11 is 0. The van der Waals surface area contributed by atoms with E-state index in [0.29, 0.717) is 0 Å². The lowest BCUT2D eigenvalue weighted by Gasteiger charge is -2.08. The van der Waals surface area contributed by atoms with Crippen LogP contribution in [-0.2, 0) is 6.42 Å². The van der Waals surface area contributed by atoms with E-state index in [2.05, 4.69) is 29.2 Å². The standard InChI is InChI=1S/C18H19N3/c1-13-17(15-10-6-3-7-11-15)21-18(20-13)16(19)12-14-8-4-2-5-9-14/h2-11,16H,12,19H2,1H3,(H,20,21)/t16-/m0/s1. The fourth-order valence-electron chi connectivity index (χ4n) is 2.50. The third-order valence-electron chi connectivity index (χ3n) is 3.60. The van der Waals surface area contributed by atoms with Gasteiger partial charge in [0.05, 0.1) is 11.7 Å². The second kappa shape index (κ2) is 5.94. The van der Waals surface area contributed by atoms with E-state index in [-0.39, 0.29) is 6.04 Å². The first-order valence-electron chi connectivity index (χ1n) is 7.15. The summed E-state index contributed by atoms with van der Waals surface area (Å²) in [7, 11) is 0. The fraction of sp³-hybridized carbons (Fsp3) is 0.167. The number of hydrogen-bond acceptors (Lipinski definition) is 2. The molecule has 0 fully saturated rings. The molecule has 0 amide bonds. The van der Waals surface area contributed by atoms with Gasteiger partial charge in [0.2, 0.25) is 0 Å². The van der Waals surface area contributed by atoms with Gasteiger partial charge in [0, 0.05) is 11.3 Å². The van der Waals surface area contributed by atoms with Crippen LogP contribution in [0.15, 0.2) is 60.7 Å². The number of nitrogens with one attached hydrogen (secondary N) is 1. The predicted octanol–water partition coefficient (Wildman–Crippen LogP) is 3.63. The fourth-order valence-corrected chi connectivity index (χ4v) is 2.50. The minimum absolute atomic E-state index is 0.122. The van der Waals surface area contributed by atoms with Gasteiger partial charge in [-0.25, -0.2) is 4.98 Å². The molecule has 0 radical (unpaired) electrons. The van der Waals surface area contributed by atoms with Gasteiger partial charge in [-0.3, -0.25) is 0 Å². The van der Waals surface area contributed by atoms with E-state index in [4.69, 9.17) is 10.7 Å². The first-order chi connectivity index (χ1) is 10.2. The van der Waals surface area contributed by atoms with E-state index >= 15 is 0 Å². The van der Waals surface area contributed by atoms with Crippen molar-refractivity contribution in [3.63, 3.8) is 0 Å². The molecule has 21 heavy (non-hydrogen) atoms. The molecule has 3 heteroatoms. The molecule has 0 aliphatic carbocycles. The number of nitrogens with two attached hydrogens (primary N) is 1. The van der Waals surface area contributed by atoms with Gasteiger partial charge in [0.25, 0.3) is 0 Å². The maximum atomic E-state index is 6.29. The highest BCUT2D eigenvalue weighted by Crippen LogP contribution is 2.23. The van der Waals surface area contributed by atoms with Gasteiger partial charge in [-0.1, -0.05) is 60.7 Å². The first kappa shape index (κ1) is 13.6. The zero-order valence-corrected chi connectivity index (χ0v) is 12.1. The van der Waals surface area contributed by atoms with Crippen molar-refractivity contribution in [2.45, 2.75) is 19.4 Å². The van der Waals surface area contributed by atoms with E-state index in [1.807, 2.05) is 43.3 Å². The second-order valence-corrected chi connectivity index (χ2v) is 5.26. The monoisotopic (exact) mass is 277 g/mol. The second-order valence-electron chi connectivity index (χ2n) is 5.26. The lowest BCUT2D eigenvalue weighted by Crippen LogP contribution is -2.15. The number of aromatic nitrogens is 2. The average Bonchev–Trinajstić information content (AvgIpc) is 2.91. The highest BCUT2D eigenvalue weighted by atomic mass is 15.0. The van der Waals surface area contributed by atoms with Crippen LogP contribution >= 0.6 is 0 Å². The van der Waals surface area contributed by atoms with Crippen molar-refractivity contribution >= 4 is 0 Å². The van der Waals surface area contributed by atoms with E-state index in [9.17, 15) is 0 Å². The van der Waals surface area contributed by atoms with Crippen molar-refractivity contribution < 1.29 is 0 Å². The van der Waals surface area contributed by atoms with Crippen LogP contribution < -0.4 is 5.73 Å². The van der Waals surface area contributed by atoms with E-state index in [0.717, 1.165) is 29.2 Å². The summed E-state index contributed by atoms with van der Waals surface area (Å²) in [4.78, 5) is 8.02. The smallest absolute Gasteiger partial charge is 0.124 e. The summed E-state index contributed by atoms with van der Waals surface area (Å²) in [6.45, 7) is 2.04. The Hall–Kier alpha value is -2.39. The molecule has 0 aliphatic heterocycles. The summed E-state index contributed by atoms with van der Waals surface area (Å²) in [6, 6.07) is 20.3. The summed E-state index contributed by atoms with van der Waals surface area (Å²) in [6.07, 6.45) is 0.780. The summed E-state index contributed by atoms with van der Waals surface area (Å²) < 4.78 is 0. The van der Waals surface area contributed by atoms with Crippen LogP contribution in [0.4, 0.5) is 0 Å². The van der Waals surface area contributed by atoms with Crippen molar-refractivity contribution in [1.29, 1.82) is 0 Å². The van der Waals surface area contributed by atoms with Crippen molar-refractivity contribution in [2.24, 2.45) is 5.73 Å². The van der Waals surface area contributed by atoms with Crippen molar-refractivity contribution in [3.8, 4) is 11.3 Å². The van der Waals surface area contributed by atoms with Gasteiger partial charge in [0.15, 0.2) is 0 Å². The summed E-state index contributed by atoms with van der Waals surface area (Å²) in [5, 5.41) is 0. The molecule has 1 aromatic heterocycles. The number of aryl methyl sites for hydroxylation is 1. The number of aromatic amines is 1. The highest BCUT2D eigenvalue weighted by molar-refractivity contribution is 5.61. The quantitative estimate of drug-likeness (QED) is 0.765. The lowest BCUT2D eigenvalue weighted by molar-refractivity contribution is 0.677. The van der Waals surface area contributed by atoms with E-state index in [1.54, 1.807) is 0 Å². The molecule has 0 aliphatic rings. The maximum absolute atomic E-state index is 6.29. The van der Waals surface area contributed by atoms with E-state index in [1.165, 1.54) is 5.56 Å². The third kappa shape index (κ3) is 3.03. The van der Waals surface area contributed by atoms with Gasteiger partial charge < -0.3 is 10.7 Å². The molecular weight excluding hydrogens is 258 g/mol. The minimum atomic E-state index is -0.122. The number of benzene rings is 2. The topological polar surface area (TPSA) is 54.7 Å². The number of hydrogen-bond donors (Lipinski definition) is 2. The van der Waals surface area contributed by atoms with Gasteiger partial charge in [0.1, 0.15) is 5.82 Å². The Morgan fingerprint density at radius 2 is 1.62 bits per heavy atom. The molecule has 2 aromatic carbocycles. The van der Waals surface area contributed by atoms with Crippen LogP contribution in [0.1, 0.15) is 23.1 Å². The summed E-state index contributed by atoms with van der Waals surface area (Å²) in [5.74, 6) is 0.843. The molecule has 3 nitrogen and oxygen atoms in total. The molecule has 3 rings (SSSR count). The normalized spacial score (nSPS) is 12.3. The Labute approximate surface area is 124 Å². The summed E-state index contributed by atoms with van der Waals surface area (Å²) in [5.41, 5.74) is 10.7. The first-order valence-corrected chi connectivity index (χ1v) is 7.15. The predicted molar refractivity (Wildman–Crippen MR) is 85.8 cm³/mol. The Bertz CT molecular complexity index is 702. The van der Waals surface area contributed by atoms with Gasteiger partial charge >= 0.3 is 0 Å². The van der Waals surface area contributed by atoms with Gasteiger partial charge in [-0.05, 0) is 18.9 Å². The molecule has 1 atom stereocenters. The van der Waals surface area contributed by atoms with Crippen LogP contribution in [-0.4, -0.2) is 9.97 Å². The Balaban J connectivity index is 1.84. The molecule has 0 spiro atoms. The van der Waals surface area contributed by atoms with Gasteiger partial charge in [-0.15, -0.1) is 0 Å². The van der Waals surface area contributed by atoms with Crippen LogP contribution in [0.25, 0.3) is 11.3 Å². The molecule has 0 bridgehead atoms. The van der Waals surface area contributed by atoms with Crippen LogP contribution in [0.3, 0.4) is 0 Å². The number of rotatable bonds is 4. The zero-order valence-electron chi connectivity index (χ0n) is 12.1. The van der Waals surface area contributed by atoms with Crippen molar-refractivity contribution in [3.05, 3.63) is 77.7 Å². The third-order valence-corrected chi connectivity index (χ3v) is 3.60. The number of H-pyrrole nitrogens is 1. The van der Waals surface area contributed by atoms with Gasteiger partial charge in [-0.2, -0.15) is 0 Å². The zero-order chi connectivity index (χ0) is 14.7. The SMILES string of the molecule is Cc1[nH]c([C@@H](N)Cc2ccccc2)nc1-c1ccccc1. The molecule has 0 saturated carbocycles.